The lowest BCUT2D eigenvalue weighted by Crippen LogP contribution is -2.47. The molecule has 1 aromatic carbocycles. The van der Waals surface area contributed by atoms with Crippen LogP contribution in [0.15, 0.2) is 24.3 Å². The standard InChI is InChI=1S/C26H37N3O4.H3O4P/c30-19-10-11-21-22(18-19)26(32)29(25(21)31)13-5-12-27-14-16-28(17-15-27)23-8-3-4-9-24(23)33-20-6-1-2-7-20;1-5(2,3)4/h3-4,8-9,19-22,30H,1-2,5-7,10-18H2;(H3,1,2,3,4). The summed E-state index contributed by atoms with van der Waals surface area (Å²) in [5.74, 6) is 0.441. The fourth-order valence-corrected chi connectivity index (χ4v) is 6.11. The first kappa shape index (κ1) is 29.0. The largest absolute Gasteiger partial charge is 0.488 e. The second kappa shape index (κ2) is 12.9. The van der Waals surface area contributed by atoms with Gasteiger partial charge < -0.3 is 29.4 Å². The van der Waals surface area contributed by atoms with Crippen molar-refractivity contribution in [1.29, 1.82) is 0 Å². The minimum Gasteiger partial charge on any atom is -0.488 e. The molecule has 2 saturated heterocycles. The molecule has 0 bridgehead atoms. The summed E-state index contributed by atoms with van der Waals surface area (Å²) in [6.07, 6.45) is 7.29. The summed E-state index contributed by atoms with van der Waals surface area (Å²) in [6, 6.07) is 8.41. The number of hydrogen-bond donors (Lipinski definition) is 4. The van der Waals surface area contributed by atoms with Crippen LogP contribution in [0.5, 0.6) is 5.75 Å². The molecule has 38 heavy (non-hydrogen) atoms. The van der Waals surface area contributed by atoms with Gasteiger partial charge in [0.25, 0.3) is 0 Å². The Morgan fingerprint density at radius 2 is 1.50 bits per heavy atom. The molecule has 3 atom stereocenters. The molecule has 212 valence electrons. The number of fused-ring (bicyclic) bond motifs is 1. The molecule has 0 spiro atoms. The monoisotopic (exact) mass is 553 g/mol. The number of anilines is 1. The molecular formula is C26H40N3O8P. The van der Waals surface area contributed by atoms with Crippen LogP contribution in [0.4, 0.5) is 5.69 Å². The topological polar surface area (TPSA) is 151 Å². The van der Waals surface area contributed by atoms with Crippen LogP contribution in [-0.2, 0) is 14.2 Å². The number of carbonyl (C=O) groups excluding carboxylic acids is 2. The molecule has 2 aliphatic carbocycles. The van der Waals surface area contributed by atoms with E-state index in [-0.39, 0.29) is 23.7 Å². The quantitative estimate of drug-likeness (QED) is 0.290. The van der Waals surface area contributed by atoms with Gasteiger partial charge in [0.1, 0.15) is 5.75 Å². The highest BCUT2D eigenvalue weighted by atomic mass is 31.2. The van der Waals surface area contributed by atoms with E-state index in [1.165, 1.54) is 23.4 Å². The number of rotatable bonds is 7. The number of nitrogens with zero attached hydrogens (tertiary/aromatic N) is 3. The summed E-state index contributed by atoms with van der Waals surface area (Å²) in [5, 5.41) is 9.88. The van der Waals surface area contributed by atoms with E-state index in [0.717, 1.165) is 57.7 Å². The minimum atomic E-state index is -4.64. The second-order valence-corrected chi connectivity index (χ2v) is 11.7. The van der Waals surface area contributed by atoms with E-state index in [4.69, 9.17) is 24.0 Å². The lowest BCUT2D eigenvalue weighted by Gasteiger charge is -2.37. The molecule has 12 heteroatoms. The predicted octanol–water partition coefficient (Wildman–Crippen LogP) is 1.74. The first-order valence-electron chi connectivity index (χ1n) is 13.6. The number of para-hydroxylation sites is 2. The Morgan fingerprint density at radius 1 is 0.868 bits per heavy atom. The number of ether oxygens (including phenoxy) is 1. The van der Waals surface area contributed by atoms with Gasteiger partial charge in [-0.1, -0.05) is 12.1 Å². The first-order valence-corrected chi connectivity index (χ1v) is 15.2. The van der Waals surface area contributed by atoms with Gasteiger partial charge in [-0.15, -0.1) is 0 Å². The van der Waals surface area contributed by atoms with Crippen molar-refractivity contribution >= 4 is 25.3 Å². The zero-order valence-corrected chi connectivity index (χ0v) is 22.6. The van der Waals surface area contributed by atoms with E-state index in [1.54, 1.807) is 0 Å². The maximum absolute atomic E-state index is 12.7. The number of aliphatic hydroxyl groups excluding tert-OH is 1. The molecule has 2 heterocycles. The Morgan fingerprint density at radius 3 is 2.18 bits per heavy atom. The molecule has 0 radical (unpaired) electrons. The van der Waals surface area contributed by atoms with Crippen molar-refractivity contribution in [3.63, 3.8) is 0 Å². The first-order chi connectivity index (χ1) is 18.1. The third-order valence-electron chi connectivity index (χ3n) is 8.02. The highest BCUT2D eigenvalue weighted by Crippen LogP contribution is 2.38. The fourth-order valence-electron chi connectivity index (χ4n) is 6.11. The van der Waals surface area contributed by atoms with E-state index in [9.17, 15) is 14.7 Å². The zero-order valence-electron chi connectivity index (χ0n) is 21.7. The number of hydrogen-bond acceptors (Lipinski definition) is 7. The average Bonchev–Trinajstić information content (AvgIpc) is 3.46. The van der Waals surface area contributed by atoms with E-state index in [0.29, 0.717) is 31.9 Å². The molecule has 2 amide bonds. The lowest BCUT2D eigenvalue weighted by molar-refractivity contribution is -0.140. The van der Waals surface area contributed by atoms with Gasteiger partial charge in [-0.25, -0.2) is 4.57 Å². The summed E-state index contributed by atoms with van der Waals surface area (Å²) in [7, 11) is -4.64. The van der Waals surface area contributed by atoms with Crippen LogP contribution < -0.4 is 9.64 Å². The van der Waals surface area contributed by atoms with Gasteiger partial charge >= 0.3 is 7.82 Å². The Kier molecular flexibility index (Phi) is 9.84. The van der Waals surface area contributed by atoms with Gasteiger partial charge in [0.15, 0.2) is 0 Å². The van der Waals surface area contributed by atoms with Gasteiger partial charge in [-0.05, 0) is 70.0 Å². The maximum atomic E-state index is 12.7. The summed E-state index contributed by atoms with van der Waals surface area (Å²) >= 11 is 0. The number of piperazine rings is 1. The zero-order chi connectivity index (χ0) is 27.3. The van der Waals surface area contributed by atoms with Crippen molar-refractivity contribution in [2.45, 2.75) is 63.6 Å². The van der Waals surface area contributed by atoms with Gasteiger partial charge in [0, 0.05) is 32.7 Å². The number of amides is 2. The normalized spacial score (nSPS) is 26.8. The predicted molar refractivity (Wildman–Crippen MR) is 140 cm³/mol. The average molecular weight is 554 g/mol. The summed E-state index contributed by atoms with van der Waals surface area (Å²) < 4.78 is 15.2. The molecule has 2 aliphatic heterocycles. The number of aliphatic hydroxyl groups is 1. The minimum absolute atomic E-state index is 0.0133. The van der Waals surface area contributed by atoms with Crippen LogP contribution in [0.25, 0.3) is 0 Å². The van der Waals surface area contributed by atoms with Crippen molar-refractivity contribution < 1.29 is 38.7 Å². The van der Waals surface area contributed by atoms with Gasteiger partial charge in [-0.2, -0.15) is 0 Å². The Labute approximate surface area is 223 Å². The summed E-state index contributed by atoms with van der Waals surface area (Å²) in [6.45, 7) is 5.24. The van der Waals surface area contributed by atoms with Crippen molar-refractivity contribution in [1.82, 2.24) is 9.80 Å². The highest BCUT2D eigenvalue weighted by molar-refractivity contribution is 7.45. The third kappa shape index (κ3) is 7.77. The fraction of sp³-hybridized carbons (Fsp3) is 0.692. The van der Waals surface area contributed by atoms with Gasteiger partial charge in [-0.3, -0.25) is 19.4 Å². The molecule has 1 aromatic rings. The Bertz CT molecular complexity index is 998. The third-order valence-corrected chi connectivity index (χ3v) is 8.02. The number of carbonyl (C=O) groups is 2. The number of imide groups is 1. The molecule has 4 fully saturated rings. The van der Waals surface area contributed by atoms with Crippen LogP contribution in [0.3, 0.4) is 0 Å². The lowest BCUT2D eigenvalue weighted by atomic mass is 9.80. The van der Waals surface area contributed by atoms with Crippen molar-refractivity contribution in [2.75, 3.05) is 44.2 Å². The second-order valence-electron chi connectivity index (χ2n) is 10.7. The Balaban J connectivity index is 0.000000617. The van der Waals surface area contributed by atoms with Crippen LogP contribution in [0.1, 0.15) is 51.4 Å². The summed E-state index contributed by atoms with van der Waals surface area (Å²) in [5.41, 5.74) is 1.20. The highest BCUT2D eigenvalue weighted by Gasteiger charge is 2.49. The molecular weight excluding hydrogens is 513 g/mol. The van der Waals surface area contributed by atoms with E-state index < -0.39 is 13.9 Å². The SMILES string of the molecule is O=C1C2CCC(O)CC2C(=O)N1CCCN1CCN(c2ccccc2OC2CCCC2)CC1.O=P(O)(O)O. The van der Waals surface area contributed by atoms with Crippen LogP contribution in [0.2, 0.25) is 0 Å². The molecule has 0 aromatic heterocycles. The van der Waals surface area contributed by atoms with Crippen LogP contribution >= 0.6 is 7.82 Å². The smallest absolute Gasteiger partial charge is 0.466 e. The van der Waals surface area contributed by atoms with E-state index in [2.05, 4.69) is 34.1 Å². The van der Waals surface area contributed by atoms with Crippen molar-refractivity contribution in [3.8, 4) is 5.75 Å². The van der Waals surface area contributed by atoms with Crippen molar-refractivity contribution in [3.05, 3.63) is 24.3 Å². The number of benzene rings is 1. The van der Waals surface area contributed by atoms with Crippen molar-refractivity contribution in [2.24, 2.45) is 11.8 Å². The van der Waals surface area contributed by atoms with Crippen LogP contribution in [-0.4, -0.2) is 92.9 Å². The summed E-state index contributed by atoms with van der Waals surface area (Å²) in [4.78, 5) is 53.3. The molecule has 5 rings (SSSR count). The molecule has 3 unspecified atom stereocenters. The van der Waals surface area contributed by atoms with Gasteiger partial charge in [0.05, 0.1) is 29.7 Å². The molecule has 11 nitrogen and oxygen atoms in total. The van der Waals surface area contributed by atoms with Crippen LogP contribution in [0, 0.1) is 11.8 Å². The Hall–Kier alpha value is -2.01. The molecule has 4 aliphatic rings. The molecule has 4 N–H and O–H groups in total. The number of phosphoric acid groups is 1. The number of likely N-dealkylation sites (tertiary alicyclic amines) is 1. The van der Waals surface area contributed by atoms with Gasteiger partial charge in [0.2, 0.25) is 11.8 Å². The van der Waals surface area contributed by atoms with E-state index in [1.807, 2.05) is 0 Å². The molecule has 2 saturated carbocycles. The van der Waals surface area contributed by atoms with E-state index >= 15 is 0 Å². The maximum Gasteiger partial charge on any atom is 0.466 e.